The second kappa shape index (κ2) is 9.13. The summed E-state index contributed by atoms with van der Waals surface area (Å²) in [6.07, 6.45) is 0. The number of hydrogen-bond acceptors (Lipinski definition) is 1. The van der Waals surface area contributed by atoms with Gasteiger partial charge in [0.15, 0.2) is 0 Å². The van der Waals surface area contributed by atoms with Gasteiger partial charge in [-0.2, -0.15) is 0 Å². The quantitative estimate of drug-likeness (QED) is 0.176. The SMILES string of the molecule is c1ccc2cc3c(cc2c1)oc1c(-c2ccc4ccc5cccc6ccc2c4c56)cc(-c2ccc4ccc5cccc6ccc2c4c56)cc13. The zero-order valence-corrected chi connectivity index (χ0v) is 26.4. The topological polar surface area (TPSA) is 13.1 Å². The van der Waals surface area contributed by atoms with Crippen LogP contribution in [0.5, 0.6) is 0 Å². The van der Waals surface area contributed by atoms with Crippen molar-refractivity contribution in [2.24, 2.45) is 0 Å². The van der Waals surface area contributed by atoms with E-state index in [1.807, 2.05) is 0 Å². The van der Waals surface area contributed by atoms with Gasteiger partial charge in [0, 0.05) is 16.3 Å². The molecule has 11 aromatic carbocycles. The molecule has 0 unspecified atom stereocenters. The molecule has 1 heterocycles. The summed E-state index contributed by atoms with van der Waals surface area (Å²) < 4.78 is 6.91. The lowest BCUT2D eigenvalue weighted by molar-refractivity contribution is 0.670. The highest BCUT2D eigenvalue weighted by Crippen LogP contribution is 2.47. The maximum absolute atomic E-state index is 6.91. The lowest BCUT2D eigenvalue weighted by Gasteiger charge is -2.17. The molecule has 12 rings (SSSR count). The van der Waals surface area contributed by atoms with E-state index in [0.717, 1.165) is 27.5 Å². The summed E-state index contributed by atoms with van der Waals surface area (Å²) in [5, 5.41) is 20.2. The van der Waals surface area contributed by atoms with Gasteiger partial charge >= 0.3 is 0 Å². The summed E-state index contributed by atoms with van der Waals surface area (Å²) in [5.74, 6) is 0. The second-order valence-corrected chi connectivity index (χ2v) is 13.6. The summed E-state index contributed by atoms with van der Waals surface area (Å²) >= 11 is 0. The Morgan fingerprint density at radius 1 is 0.286 bits per heavy atom. The lowest BCUT2D eigenvalue weighted by atomic mass is 9.86. The molecule has 0 spiro atoms. The third-order valence-corrected chi connectivity index (χ3v) is 11.1. The Bertz CT molecular complexity index is 3290. The fraction of sp³-hybridized carbons (Fsp3) is 0. The van der Waals surface area contributed by atoms with Gasteiger partial charge in [-0.3, -0.25) is 0 Å². The predicted octanol–water partition coefficient (Wildman–Crippen LogP) is 13.9. The number of rotatable bonds is 2. The zero-order chi connectivity index (χ0) is 31.8. The molecule has 0 fully saturated rings. The van der Waals surface area contributed by atoms with E-state index < -0.39 is 0 Å². The fourth-order valence-corrected chi connectivity index (χ4v) is 8.88. The number of hydrogen-bond donors (Lipinski definition) is 0. The van der Waals surface area contributed by atoms with Crippen molar-refractivity contribution in [2.75, 3.05) is 0 Å². The van der Waals surface area contributed by atoms with Crippen LogP contribution in [0, 0.1) is 0 Å². The van der Waals surface area contributed by atoms with Gasteiger partial charge in [-0.1, -0.05) is 133 Å². The average Bonchev–Trinajstić information content (AvgIpc) is 3.52. The first-order chi connectivity index (χ1) is 24.3. The smallest absolute Gasteiger partial charge is 0.143 e. The van der Waals surface area contributed by atoms with Gasteiger partial charge in [0.1, 0.15) is 11.2 Å². The van der Waals surface area contributed by atoms with Gasteiger partial charge < -0.3 is 4.42 Å². The normalized spacial score (nSPS) is 12.5. The number of benzene rings is 11. The zero-order valence-electron chi connectivity index (χ0n) is 26.4. The molecule has 0 amide bonds. The number of fused-ring (bicyclic) bond motifs is 4. The maximum Gasteiger partial charge on any atom is 0.143 e. The Hall–Kier alpha value is -6.44. The Balaban J connectivity index is 1.24. The molecule has 0 aliphatic rings. The van der Waals surface area contributed by atoms with Crippen LogP contribution < -0.4 is 0 Å². The fourth-order valence-electron chi connectivity index (χ4n) is 8.88. The highest BCUT2D eigenvalue weighted by atomic mass is 16.3. The Kier molecular flexibility index (Phi) is 4.77. The molecule has 0 aliphatic carbocycles. The molecule has 0 bridgehead atoms. The summed E-state index contributed by atoms with van der Waals surface area (Å²) in [7, 11) is 0. The molecule has 0 N–H and O–H groups in total. The number of furan rings is 1. The van der Waals surface area contributed by atoms with E-state index in [4.69, 9.17) is 4.42 Å². The van der Waals surface area contributed by atoms with Crippen molar-refractivity contribution in [3.8, 4) is 22.3 Å². The van der Waals surface area contributed by atoms with Gasteiger partial charge in [-0.25, -0.2) is 0 Å². The molecule has 1 heteroatoms. The molecule has 0 radical (unpaired) electrons. The summed E-state index contributed by atoms with van der Waals surface area (Å²) in [6.45, 7) is 0. The van der Waals surface area contributed by atoms with Crippen molar-refractivity contribution in [2.45, 2.75) is 0 Å². The monoisotopic (exact) mass is 618 g/mol. The van der Waals surface area contributed by atoms with E-state index in [2.05, 4.69) is 158 Å². The van der Waals surface area contributed by atoms with Crippen LogP contribution in [0.25, 0.3) is 120 Å². The van der Waals surface area contributed by atoms with Crippen molar-refractivity contribution in [3.63, 3.8) is 0 Å². The van der Waals surface area contributed by atoms with E-state index in [-0.39, 0.29) is 0 Å². The minimum absolute atomic E-state index is 0.917. The van der Waals surface area contributed by atoms with Crippen LogP contribution in [-0.2, 0) is 0 Å². The highest BCUT2D eigenvalue weighted by Gasteiger charge is 2.20. The lowest BCUT2D eigenvalue weighted by Crippen LogP contribution is -1.90. The van der Waals surface area contributed by atoms with Crippen LogP contribution in [0.1, 0.15) is 0 Å². The molecule has 0 aliphatic heterocycles. The van der Waals surface area contributed by atoms with Gasteiger partial charge in [-0.15, -0.1) is 0 Å². The summed E-state index contributed by atoms with van der Waals surface area (Å²) in [4.78, 5) is 0. The van der Waals surface area contributed by atoms with Crippen LogP contribution in [0.15, 0.2) is 162 Å². The molecule has 0 atom stereocenters. The molecule has 49 heavy (non-hydrogen) atoms. The van der Waals surface area contributed by atoms with Crippen LogP contribution in [0.4, 0.5) is 0 Å². The predicted molar refractivity (Wildman–Crippen MR) is 210 cm³/mol. The van der Waals surface area contributed by atoms with Crippen molar-refractivity contribution in [1.29, 1.82) is 0 Å². The minimum atomic E-state index is 0.917. The van der Waals surface area contributed by atoms with Crippen LogP contribution in [0.2, 0.25) is 0 Å². The van der Waals surface area contributed by atoms with E-state index in [1.54, 1.807) is 0 Å². The third-order valence-electron chi connectivity index (χ3n) is 11.1. The van der Waals surface area contributed by atoms with E-state index in [0.29, 0.717) is 0 Å². The standard InChI is InChI=1S/C48H26O/c1-2-6-34-26-43-40(23-33(34)5-1)42-25-35(36-19-15-31-13-11-27-7-3-9-29-17-21-38(36)46(31)44(27)29)24-41(48(42)49-43)37-20-16-32-14-12-28-8-4-10-30-18-22-39(37)47(32)45(28)30/h1-26H. The van der Waals surface area contributed by atoms with Crippen LogP contribution >= 0.6 is 0 Å². The van der Waals surface area contributed by atoms with Crippen molar-refractivity contribution < 1.29 is 4.42 Å². The first-order valence-corrected chi connectivity index (χ1v) is 17.0. The molecule has 12 aromatic rings. The largest absolute Gasteiger partial charge is 0.455 e. The molecule has 0 saturated heterocycles. The van der Waals surface area contributed by atoms with Gasteiger partial charge in [0.25, 0.3) is 0 Å². The summed E-state index contributed by atoms with van der Waals surface area (Å²) in [6, 6.07) is 58.5. The minimum Gasteiger partial charge on any atom is -0.455 e. The first-order valence-electron chi connectivity index (χ1n) is 17.0. The van der Waals surface area contributed by atoms with Gasteiger partial charge in [-0.05, 0) is 116 Å². The Labute approximate surface area is 280 Å². The Morgan fingerprint density at radius 2 is 0.776 bits per heavy atom. The second-order valence-electron chi connectivity index (χ2n) is 13.6. The average molecular weight is 619 g/mol. The molecule has 224 valence electrons. The third kappa shape index (κ3) is 3.39. The first kappa shape index (κ1) is 25.6. The van der Waals surface area contributed by atoms with Crippen molar-refractivity contribution >= 4 is 97.3 Å². The van der Waals surface area contributed by atoms with Crippen molar-refractivity contribution in [1.82, 2.24) is 0 Å². The van der Waals surface area contributed by atoms with Crippen LogP contribution in [-0.4, -0.2) is 0 Å². The van der Waals surface area contributed by atoms with Crippen molar-refractivity contribution in [3.05, 3.63) is 158 Å². The molecule has 1 aromatic heterocycles. The van der Waals surface area contributed by atoms with E-state index in [1.165, 1.54) is 92.1 Å². The van der Waals surface area contributed by atoms with Gasteiger partial charge in [0.05, 0.1) is 0 Å². The van der Waals surface area contributed by atoms with E-state index in [9.17, 15) is 0 Å². The van der Waals surface area contributed by atoms with Crippen LogP contribution in [0.3, 0.4) is 0 Å². The molecule has 1 nitrogen and oxygen atoms in total. The summed E-state index contributed by atoms with van der Waals surface area (Å²) in [5.41, 5.74) is 6.60. The van der Waals surface area contributed by atoms with Gasteiger partial charge in [0.2, 0.25) is 0 Å². The maximum atomic E-state index is 6.91. The molecular weight excluding hydrogens is 593 g/mol. The van der Waals surface area contributed by atoms with E-state index >= 15 is 0 Å². The molecule has 0 saturated carbocycles. The molecular formula is C48H26O. The highest BCUT2D eigenvalue weighted by molar-refractivity contribution is 6.28. The Morgan fingerprint density at radius 3 is 1.41 bits per heavy atom.